The van der Waals surface area contributed by atoms with Crippen molar-refractivity contribution in [1.29, 1.82) is 0 Å². The van der Waals surface area contributed by atoms with Crippen molar-refractivity contribution >= 4 is 54.4 Å². The van der Waals surface area contributed by atoms with E-state index in [1.165, 1.54) is 10.4 Å². The van der Waals surface area contributed by atoms with Crippen molar-refractivity contribution in [2.24, 2.45) is 11.8 Å². The van der Waals surface area contributed by atoms with Gasteiger partial charge in [0.2, 0.25) is 15.9 Å². The Bertz CT molecular complexity index is 1400. The molecule has 36 heavy (non-hydrogen) atoms. The fourth-order valence-corrected chi connectivity index (χ4v) is 6.83. The highest BCUT2D eigenvalue weighted by molar-refractivity contribution is 7.89. The largest absolute Gasteiger partial charge is 0.300 e. The van der Waals surface area contributed by atoms with E-state index in [0.717, 1.165) is 16.2 Å². The van der Waals surface area contributed by atoms with Gasteiger partial charge in [0.15, 0.2) is 5.13 Å². The lowest BCUT2D eigenvalue weighted by Gasteiger charge is -2.25. The van der Waals surface area contributed by atoms with E-state index in [4.69, 9.17) is 0 Å². The Hall–Kier alpha value is -3.15. The first-order chi connectivity index (χ1) is 17.0. The molecule has 190 valence electrons. The average Bonchev–Trinajstić information content (AvgIpc) is 3.31. The summed E-state index contributed by atoms with van der Waals surface area (Å²) in [6.07, 6.45) is 0. The predicted octanol–water partition coefficient (Wildman–Crippen LogP) is 3.83. The lowest BCUT2D eigenvalue weighted by molar-refractivity contribution is -0.116. The third-order valence-corrected chi connectivity index (χ3v) is 8.32. The van der Waals surface area contributed by atoms with E-state index in [9.17, 15) is 22.8 Å². The van der Waals surface area contributed by atoms with E-state index in [-0.39, 0.29) is 33.0 Å². The monoisotopic (exact) mass is 528 g/mol. The Kier molecular flexibility index (Phi) is 7.26. The zero-order chi connectivity index (χ0) is 26.2. The van der Waals surface area contributed by atoms with Crippen molar-refractivity contribution in [3.63, 3.8) is 0 Å². The summed E-state index contributed by atoms with van der Waals surface area (Å²) in [7, 11) is -3.71. The summed E-state index contributed by atoms with van der Waals surface area (Å²) in [6.45, 7) is 8.30. The highest BCUT2D eigenvalue weighted by Crippen LogP contribution is 2.30. The van der Waals surface area contributed by atoms with Crippen LogP contribution in [0, 0.1) is 11.8 Å². The van der Waals surface area contributed by atoms with Crippen LogP contribution in [0.5, 0.6) is 0 Å². The maximum Gasteiger partial charge on any atom is 0.262 e. The normalized spacial score (nSPS) is 13.9. The second kappa shape index (κ2) is 10.1. The molecule has 0 spiro atoms. The number of thiazole rings is 1. The first-order valence-electron chi connectivity index (χ1n) is 11.6. The summed E-state index contributed by atoms with van der Waals surface area (Å²) >= 11 is 1.13. The lowest BCUT2D eigenvalue weighted by Crippen LogP contribution is -2.37. The highest BCUT2D eigenvalue weighted by atomic mass is 32.2. The van der Waals surface area contributed by atoms with Crippen LogP contribution < -0.4 is 5.32 Å². The molecule has 0 saturated heterocycles. The van der Waals surface area contributed by atoms with Gasteiger partial charge in [-0.25, -0.2) is 13.4 Å². The molecule has 11 heteroatoms. The zero-order valence-corrected chi connectivity index (χ0v) is 22.1. The summed E-state index contributed by atoms with van der Waals surface area (Å²) in [6, 6.07) is 11.1. The molecule has 0 unspecified atom stereocenters. The Morgan fingerprint density at radius 3 is 2.14 bits per heavy atom. The maximum absolute atomic E-state index is 13.4. The number of fused-ring (bicyclic) bond motifs is 2. The molecular weight excluding hydrogens is 500 g/mol. The molecule has 1 aromatic heterocycles. The Balaban J connectivity index is 1.51. The summed E-state index contributed by atoms with van der Waals surface area (Å²) in [5.41, 5.74) is 1.08. The molecule has 0 aliphatic carbocycles. The number of nitrogens with one attached hydrogen (secondary N) is 1. The van der Waals surface area contributed by atoms with Gasteiger partial charge in [0.1, 0.15) is 6.54 Å². The van der Waals surface area contributed by atoms with Crippen LogP contribution in [0.2, 0.25) is 0 Å². The highest BCUT2D eigenvalue weighted by Gasteiger charge is 2.36. The summed E-state index contributed by atoms with van der Waals surface area (Å²) in [5.74, 6) is -1.25. The van der Waals surface area contributed by atoms with Gasteiger partial charge in [-0.2, -0.15) is 4.31 Å². The molecule has 1 aliphatic heterocycles. The first kappa shape index (κ1) is 25.9. The molecular formula is C25H28N4O5S2. The Labute approximate surface area is 214 Å². The smallest absolute Gasteiger partial charge is 0.262 e. The maximum atomic E-state index is 13.4. The van der Waals surface area contributed by atoms with Gasteiger partial charge in [0.05, 0.1) is 26.2 Å². The fourth-order valence-electron chi connectivity index (χ4n) is 4.04. The van der Waals surface area contributed by atoms with Crippen molar-refractivity contribution in [3.8, 4) is 0 Å². The quantitative estimate of drug-likeness (QED) is 0.422. The van der Waals surface area contributed by atoms with E-state index < -0.39 is 34.3 Å². The number of benzene rings is 2. The van der Waals surface area contributed by atoms with Crippen LogP contribution in [0.25, 0.3) is 10.2 Å². The number of hydrogen-bond acceptors (Lipinski definition) is 7. The van der Waals surface area contributed by atoms with Gasteiger partial charge in [-0.3, -0.25) is 19.3 Å². The number of aromatic nitrogens is 1. The third-order valence-electron chi connectivity index (χ3n) is 5.56. The van der Waals surface area contributed by atoms with Gasteiger partial charge in [0.25, 0.3) is 11.8 Å². The zero-order valence-electron chi connectivity index (χ0n) is 20.5. The molecule has 9 nitrogen and oxygen atoms in total. The Morgan fingerprint density at radius 1 is 1.00 bits per heavy atom. The van der Waals surface area contributed by atoms with Gasteiger partial charge < -0.3 is 5.32 Å². The lowest BCUT2D eigenvalue weighted by atomic mass is 10.1. The van der Waals surface area contributed by atoms with Crippen molar-refractivity contribution < 1.29 is 22.8 Å². The van der Waals surface area contributed by atoms with E-state index in [2.05, 4.69) is 10.3 Å². The standard InChI is InChI=1S/C25H28N4O5S2/c1-15(2)12-28(13-16(3)4)36(33,34)17-9-10-20-21(11-17)35-25(26-20)27-22(30)14-29-23(31)18-7-5-6-8-19(18)24(29)32/h5-11,15-16H,12-14H2,1-4H3,(H,26,27,30). The molecule has 3 amide bonds. The molecule has 1 N–H and O–H groups in total. The summed E-state index contributed by atoms with van der Waals surface area (Å²) in [4.78, 5) is 43.1. The number of imide groups is 1. The number of rotatable bonds is 9. The van der Waals surface area contributed by atoms with Gasteiger partial charge in [-0.1, -0.05) is 51.2 Å². The van der Waals surface area contributed by atoms with Crippen molar-refractivity contribution in [1.82, 2.24) is 14.2 Å². The number of nitrogens with zero attached hydrogens (tertiary/aromatic N) is 3. The Morgan fingerprint density at radius 2 is 1.58 bits per heavy atom. The van der Waals surface area contributed by atoms with Gasteiger partial charge in [-0.15, -0.1) is 0 Å². The van der Waals surface area contributed by atoms with Gasteiger partial charge in [0, 0.05) is 13.1 Å². The number of carbonyl (C=O) groups is 3. The second-order valence-corrected chi connectivity index (χ2v) is 12.5. The molecule has 1 aliphatic rings. The molecule has 3 aromatic rings. The fraction of sp³-hybridized carbons (Fsp3) is 0.360. The van der Waals surface area contributed by atoms with Crippen LogP contribution in [0.4, 0.5) is 5.13 Å². The van der Waals surface area contributed by atoms with Crippen molar-refractivity contribution in [2.45, 2.75) is 32.6 Å². The van der Waals surface area contributed by atoms with E-state index in [0.29, 0.717) is 23.3 Å². The van der Waals surface area contributed by atoms with Gasteiger partial charge in [-0.05, 0) is 42.2 Å². The number of sulfonamides is 1. The number of carbonyl (C=O) groups excluding carboxylic acids is 3. The molecule has 0 atom stereocenters. The van der Waals surface area contributed by atoms with E-state index >= 15 is 0 Å². The average molecular weight is 529 g/mol. The van der Waals surface area contributed by atoms with Crippen LogP contribution >= 0.6 is 11.3 Å². The molecule has 2 aromatic carbocycles. The van der Waals surface area contributed by atoms with Crippen molar-refractivity contribution in [3.05, 3.63) is 53.6 Å². The molecule has 4 rings (SSSR count). The van der Waals surface area contributed by atoms with Crippen LogP contribution in [0.1, 0.15) is 48.4 Å². The van der Waals surface area contributed by atoms with Gasteiger partial charge >= 0.3 is 0 Å². The number of amides is 3. The topological polar surface area (TPSA) is 117 Å². The van der Waals surface area contributed by atoms with E-state index in [1.807, 2.05) is 27.7 Å². The molecule has 0 saturated carbocycles. The molecule has 0 radical (unpaired) electrons. The summed E-state index contributed by atoms with van der Waals surface area (Å²) < 4.78 is 28.8. The number of hydrogen-bond donors (Lipinski definition) is 1. The first-order valence-corrected chi connectivity index (χ1v) is 13.9. The second-order valence-electron chi connectivity index (χ2n) is 9.55. The van der Waals surface area contributed by atoms with Crippen molar-refractivity contribution in [2.75, 3.05) is 25.0 Å². The minimum atomic E-state index is -3.71. The molecule has 2 heterocycles. The van der Waals surface area contributed by atoms with E-state index in [1.54, 1.807) is 36.4 Å². The molecule has 0 bridgehead atoms. The third kappa shape index (κ3) is 5.18. The van der Waals surface area contributed by atoms with Crippen LogP contribution in [0.15, 0.2) is 47.4 Å². The number of anilines is 1. The predicted molar refractivity (Wildman–Crippen MR) is 138 cm³/mol. The SMILES string of the molecule is CC(C)CN(CC(C)C)S(=O)(=O)c1ccc2nc(NC(=O)CN3C(=O)c4ccccc4C3=O)sc2c1. The van der Waals surface area contributed by atoms with Crippen LogP contribution in [-0.2, 0) is 14.8 Å². The minimum absolute atomic E-state index is 0.170. The van der Waals surface area contributed by atoms with Crippen LogP contribution in [0.3, 0.4) is 0 Å². The summed E-state index contributed by atoms with van der Waals surface area (Å²) in [5, 5.41) is 2.87. The molecule has 0 fully saturated rings. The minimum Gasteiger partial charge on any atom is -0.300 e. The van der Waals surface area contributed by atoms with Crippen LogP contribution in [-0.4, -0.2) is 60.0 Å².